The van der Waals surface area contributed by atoms with Gasteiger partial charge in [-0.3, -0.25) is 14.6 Å². The Labute approximate surface area is 193 Å². The number of nitrogens with one attached hydrogen (secondary N) is 3. The molecule has 0 spiro atoms. The van der Waals surface area contributed by atoms with E-state index >= 15 is 0 Å². The minimum atomic E-state index is -3.59. The van der Waals surface area contributed by atoms with Crippen LogP contribution in [-0.2, 0) is 26.2 Å². The number of halogens is 1. The number of aromatic nitrogens is 1. The van der Waals surface area contributed by atoms with Crippen LogP contribution in [0.15, 0.2) is 53.7 Å². The van der Waals surface area contributed by atoms with Gasteiger partial charge >= 0.3 is 0 Å². The van der Waals surface area contributed by atoms with Crippen molar-refractivity contribution in [1.82, 2.24) is 20.3 Å². The first-order valence-electron chi connectivity index (χ1n) is 10.5. The van der Waals surface area contributed by atoms with Gasteiger partial charge in [0, 0.05) is 36.4 Å². The number of hydrogen-bond acceptors (Lipinski definition) is 5. The number of carbonyl (C=O) groups is 2. The molecule has 32 heavy (non-hydrogen) atoms. The van der Waals surface area contributed by atoms with Crippen LogP contribution in [-0.4, -0.2) is 38.3 Å². The predicted molar refractivity (Wildman–Crippen MR) is 121 cm³/mol. The normalized spacial score (nSPS) is 18.7. The van der Waals surface area contributed by atoms with E-state index in [1.807, 2.05) is 12.1 Å². The summed E-state index contributed by atoms with van der Waals surface area (Å²) < 4.78 is 27.4. The van der Waals surface area contributed by atoms with Crippen molar-refractivity contribution >= 4 is 33.4 Å². The quantitative estimate of drug-likeness (QED) is 0.511. The standard InChI is InChI=1S/C22H27ClN4O4S/c23-19-5-7-20(8-6-19)32(30,31)27-14-16-1-3-18(4-2-16)22(29)26-15-21(28)25-13-17-9-11-24-12-10-17/h5-12,16,18,27H,1-4,13-15H2,(H,25,28)(H,26,29). The van der Waals surface area contributed by atoms with Gasteiger partial charge in [0.15, 0.2) is 0 Å². The van der Waals surface area contributed by atoms with Gasteiger partial charge in [-0.1, -0.05) is 11.6 Å². The fraction of sp³-hybridized carbons (Fsp3) is 0.409. The van der Waals surface area contributed by atoms with Crippen molar-refractivity contribution in [3.8, 4) is 0 Å². The van der Waals surface area contributed by atoms with Gasteiger partial charge in [0.05, 0.1) is 11.4 Å². The minimum Gasteiger partial charge on any atom is -0.350 e. The molecule has 1 heterocycles. The number of hydrogen-bond donors (Lipinski definition) is 3. The smallest absolute Gasteiger partial charge is 0.240 e. The van der Waals surface area contributed by atoms with Gasteiger partial charge in [-0.2, -0.15) is 0 Å². The molecule has 3 rings (SSSR count). The monoisotopic (exact) mass is 478 g/mol. The lowest BCUT2D eigenvalue weighted by Crippen LogP contribution is -2.41. The molecule has 3 N–H and O–H groups in total. The molecule has 1 saturated carbocycles. The molecule has 0 bridgehead atoms. The summed E-state index contributed by atoms with van der Waals surface area (Å²) in [6.07, 6.45) is 6.13. The maximum absolute atomic E-state index is 12.4. The summed E-state index contributed by atoms with van der Waals surface area (Å²) in [4.78, 5) is 28.4. The Bertz CT molecular complexity index is 1010. The third kappa shape index (κ3) is 7.29. The molecule has 1 aromatic heterocycles. The van der Waals surface area contributed by atoms with E-state index in [4.69, 9.17) is 11.6 Å². The highest BCUT2D eigenvalue weighted by atomic mass is 35.5. The lowest BCUT2D eigenvalue weighted by Gasteiger charge is -2.27. The molecule has 0 saturated heterocycles. The zero-order chi connectivity index (χ0) is 23.0. The molecule has 0 aliphatic heterocycles. The van der Waals surface area contributed by atoms with Crippen molar-refractivity contribution in [3.63, 3.8) is 0 Å². The molecule has 2 amide bonds. The van der Waals surface area contributed by atoms with E-state index in [1.54, 1.807) is 24.5 Å². The SMILES string of the molecule is O=C(CNC(=O)C1CCC(CNS(=O)(=O)c2ccc(Cl)cc2)CC1)NCc1ccncc1. The lowest BCUT2D eigenvalue weighted by molar-refractivity contribution is -0.129. The van der Waals surface area contributed by atoms with Gasteiger partial charge in [0.2, 0.25) is 21.8 Å². The molecule has 0 unspecified atom stereocenters. The first kappa shape index (κ1) is 24.2. The third-order valence-electron chi connectivity index (χ3n) is 5.57. The molecule has 8 nitrogen and oxygen atoms in total. The molecule has 10 heteroatoms. The highest BCUT2D eigenvalue weighted by molar-refractivity contribution is 7.89. The fourth-order valence-electron chi connectivity index (χ4n) is 3.63. The van der Waals surface area contributed by atoms with Gasteiger partial charge in [-0.25, -0.2) is 13.1 Å². The van der Waals surface area contributed by atoms with Crippen molar-refractivity contribution in [3.05, 3.63) is 59.4 Å². The first-order chi connectivity index (χ1) is 15.3. The Balaban J connectivity index is 1.35. The highest BCUT2D eigenvalue weighted by Crippen LogP contribution is 2.29. The van der Waals surface area contributed by atoms with Crippen LogP contribution in [0.3, 0.4) is 0 Å². The van der Waals surface area contributed by atoms with Crippen LogP contribution in [0.5, 0.6) is 0 Å². The van der Waals surface area contributed by atoms with Gasteiger partial charge in [0.1, 0.15) is 0 Å². The topological polar surface area (TPSA) is 117 Å². The average molecular weight is 479 g/mol. The molecular formula is C22H27ClN4O4S. The van der Waals surface area contributed by atoms with E-state index in [-0.39, 0.29) is 35.1 Å². The Morgan fingerprint density at radius 3 is 2.28 bits per heavy atom. The molecule has 172 valence electrons. The third-order valence-corrected chi connectivity index (χ3v) is 7.26. The molecule has 0 atom stereocenters. The number of amides is 2. The van der Waals surface area contributed by atoms with Crippen LogP contribution < -0.4 is 15.4 Å². The molecule has 1 fully saturated rings. The molecule has 1 aromatic carbocycles. The predicted octanol–water partition coefficient (Wildman–Crippen LogP) is 2.25. The number of carbonyl (C=O) groups excluding carboxylic acids is 2. The molecular weight excluding hydrogens is 452 g/mol. The summed E-state index contributed by atoms with van der Waals surface area (Å²) >= 11 is 5.81. The van der Waals surface area contributed by atoms with Gasteiger partial charge < -0.3 is 10.6 Å². The number of sulfonamides is 1. The molecule has 1 aliphatic carbocycles. The second-order valence-corrected chi connectivity index (χ2v) is 10.1. The van der Waals surface area contributed by atoms with Gasteiger partial charge in [-0.15, -0.1) is 0 Å². The van der Waals surface area contributed by atoms with Crippen LogP contribution in [0.4, 0.5) is 0 Å². The van der Waals surface area contributed by atoms with Crippen molar-refractivity contribution in [2.75, 3.05) is 13.1 Å². The van der Waals surface area contributed by atoms with Gasteiger partial charge in [-0.05, 0) is 73.6 Å². The van der Waals surface area contributed by atoms with Crippen molar-refractivity contribution in [2.24, 2.45) is 11.8 Å². The van der Waals surface area contributed by atoms with Crippen molar-refractivity contribution in [2.45, 2.75) is 37.1 Å². The number of nitrogens with zero attached hydrogens (tertiary/aromatic N) is 1. The summed E-state index contributed by atoms with van der Waals surface area (Å²) in [5.41, 5.74) is 0.935. The summed E-state index contributed by atoms with van der Waals surface area (Å²) in [6, 6.07) is 9.65. The second-order valence-electron chi connectivity index (χ2n) is 7.87. The molecule has 1 aliphatic rings. The minimum absolute atomic E-state index is 0.0647. The Morgan fingerprint density at radius 2 is 1.62 bits per heavy atom. The number of pyridine rings is 1. The van der Waals surface area contributed by atoms with E-state index in [9.17, 15) is 18.0 Å². The fourth-order valence-corrected chi connectivity index (χ4v) is 4.87. The Kier molecular flexibility index (Phi) is 8.60. The lowest BCUT2D eigenvalue weighted by atomic mass is 9.81. The van der Waals surface area contributed by atoms with E-state index in [0.29, 0.717) is 31.0 Å². The summed E-state index contributed by atoms with van der Waals surface area (Å²) in [5, 5.41) is 5.94. The summed E-state index contributed by atoms with van der Waals surface area (Å²) in [6.45, 7) is 0.649. The van der Waals surface area contributed by atoms with Crippen molar-refractivity contribution in [1.29, 1.82) is 0 Å². The molecule has 0 radical (unpaired) electrons. The van der Waals surface area contributed by atoms with Crippen molar-refractivity contribution < 1.29 is 18.0 Å². The first-order valence-corrected chi connectivity index (χ1v) is 12.4. The zero-order valence-electron chi connectivity index (χ0n) is 17.6. The zero-order valence-corrected chi connectivity index (χ0v) is 19.2. The maximum Gasteiger partial charge on any atom is 0.240 e. The van der Waals surface area contributed by atoms with Crippen LogP contribution in [0.2, 0.25) is 5.02 Å². The summed E-state index contributed by atoms with van der Waals surface area (Å²) in [5.74, 6) is -0.374. The van der Waals surface area contributed by atoms with Crippen LogP contribution in [0, 0.1) is 11.8 Å². The van der Waals surface area contributed by atoms with E-state index in [2.05, 4.69) is 20.3 Å². The van der Waals surface area contributed by atoms with Crippen LogP contribution in [0.1, 0.15) is 31.2 Å². The van der Waals surface area contributed by atoms with E-state index in [1.165, 1.54) is 12.1 Å². The second kappa shape index (κ2) is 11.4. The Hall–Kier alpha value is -2.49. The van der Waals surface area contributed by atoms with Crippen LogP contribution >= 0.6 is 11.6 Å². The summed E-state index contributed by atoms with van der Waals surface area (Å²) in [7, 11) is -3.59. The average Bonchev–Trinajstić information content (AvgIpc) is 2.81. The molecule has 2 aromatic rings. The number of benzene rings is 1. The van der Waals surface area contributed by atoms with Crippen LogP contribution in [0.25, 0.3) is 0 Å². The van der Waals surface area contributed by atoms with E-state index in [0.717, 1.165) is 18.4 Å². The number of rotatable bonds is 9. The largest absolute Gasteiger partial charge is 0.350 e. The highest BCUT2D eigenvalue weighted by Gasteiger charge is 2.27. The Morgan fingerprint density at radius 1 is 0.969 bits per heavy atom. The van der Waals surface area contributed by atoms with Gasteiger partial charge in [0.25, 0.3) is 0 Å². The maximum atomic E-state index is 12.4. The van der Waals surface area contributed by atoms with E-state index < -0.39 is 10.0 Å².